The summed E-state index contributed by atoms with van der Waals surface area (Å²) >= 11 is 12.0. The normalized spacial score (nSPS) is 16.0. The van der Waals surface area contributed by atoms with E-state index < -0.39 is 0 Å². The minimum absolute atomic E-state index is 0.0259. The van der Waals surface area contributed by atoms with Crippen molar-refractivity contribution in [2.75, 3.05) is 18.1 Å². The van der Waals surface area contributed by atoms with Crippen molar-refractivity contribution in [3.8, 4) is 11.5 Å². The second-order valence-electron chi connectivity index (χ2n) is 6.15. The maximum Gasteiger partial charge on any atom is 0.227 e. The summed E-state index contributed by atoms with van der Waals surface area (Å²) in [5, 5.41) is 1.03. The van der Waals surface area contributed by atoms with Crippen LogP contribution in [0.15, 0.2) is 42.5 Å². The molecule has 26 heavy (non-hydrogen) atoms. The number of para-hydroxylation sites is 2. The highest BCUT2D eigenvalue weighted by Gasteiger charge is 2.28. The van der Waals surface area contributed by atoms with Gasteiger partial charge in [-0.25, -0.2) is 0 Å². The molecule has 1 atom stereocenters. The number of fused-ring (bicyclic) bond motifs is 1. The first-order valence-electron chi connectivity index (χ1n) is 8.72. The van der Waals surface area contributed by atoms with Crippen molar-refractivity contribution in [3.05, 3.63) is 52.5 Å². The Balaban J connectivity index is 1.56. The number of ether oxygens (including phenoxy) is 2. The van der Waals surface area contributed by atoms with E-state index >= 15 is 0 Å². The second-order valence-corrected chi connectivity index (χ2v) is 6.99. The Labute approximate surface area is 163 Å². The molecule has 0 aromatic heterocycles. The molecule has 0 saturated heterocycles. The molecule has 4 nitrogen and oxygen atoms in total. The Bertz CT molecular complexity index is 781. The van der Waals surface area contributed by atoms with Crippen molar-refractivity contribution >= 4 is 34.8 Å². The fraction of sp³-hybridized carbons (Fsp3) is 0.350. The SMILES string of the molecule is CCC1CN(C(=O)CCCOc2ccc(Cl)cc2Cl)c2ccccc2O1. The zero-order valence-corrected chi connectivity index (χ0v) is 16.1. The van der Waals surface area contributed by atoms with E-state index in [0.29, 0.717) is 41.8 Å². The predicted octanol–water partition coefficient (Wildman–Crippen LogP) is 5.36. The third kappa shape index (κ3) is 4.43. The van der Waals surface area contributed by atoms with Crippen LogP contribution in [0, 0.1) is 0 Å². The number of amides is 1. The smallest absolute Gasteiger partial charge is 0.227 e. The van der Waals surface area contributed by atoms with Gasteiger partial charge in [-0.05, 0) is 43.2 Å². The van der Waals surface area contributed by atoms with Crippen LogP contribution in [0.3, 0.4) is 0 Å². The maximum absolute atomic E-state index is 12.7. The first-order chi connectivity index (χ1) is 12.6. The molecule has 1 aliphatic heterocycles. The van der Waals surface area contributed by atoms with Crippen molar-refractivity contribution in [1.82, 2.24) is 0 Å². The summed E-state index contributed by atoms with van der Waals surface area (Å²) < 4.78 is 11.6. The van der Waals surface area contributed by atoms with Gasteiger partial charge in [-0.2, -0.15) is 0 Å². The van der Waals surface area contributed by atoms with Gasteiger partial charge in [0.05, 0.1) is 23.9 Å². The van der Waals surface area contributed by atoms with Crippen molar-refractivity contribution in [2.45, 2.75) is 32.3 Å². The lowest BCUT2D eigenvalue weighted by Gasteiger charge is -2.34. The minimum Gasteiger partial charge on any atom is -0.492 e. The van der Waals surface area contributed by atoms with Crippen LogP contribution < -0.4 is 14.4 Å². The van der Waals surface area contributed by atoms with Gasteiger partial charge in [0.25, 0.3) is 0 Å². The highest BCUT2D eigenvalue weighted by atomic mass is 35.5. The van der Waals surface area contributed by atoms with E-state index in [4.69, 9.17) is 32.7 Å². The summed E-state index contributed by atoms with van der Waals surface area (Å²) in [5.74, 6) is 1.42. The second kappa shape index (κ2) is 8.65. The number of hydrogen-bond acceptors (Lipinski definition) is 3. The van der Waals surface area contributed by atoms with E-state index in [-0.39, 0.29) is 12.0 Å². The van der Waals surface area contributed by atoms with Crippen LogP contribution in [-0.4, -0.2) is 25.2 Å². The van der Waals surface area contributed by atoms with Crippen LogP contribution in [0.1, 0.15) is 26.2 Å². The molecule has 0 spiro atoms. The molecule has 0 N–H and O–H groups in total. The van der Waals surface area contributed by atoms with E-state index in [9.17, 15) is 4.79 Å². The van der Waals surface area contributed by atoms with Gasteiger partial charge in [-0.1, -0.05) is 42.3 Å². The Kier molecular flexibility index (Phi) is 6.28. The molecule has 1 unspecified atom stereocenters. The molecule has 0 fully saturated rings. The van der Waals surface area contributed by atoms with Gasteiger partial charge in [0.15, 0.2) is 0 Å². The van der Waals surface area contributed by atoms with Crippen LogP contribution in [0.5, 0.6) is 11.5 Å². The summed E-state index contributed by atoms with van der Waals surface area (Å²) in [6.07, 6.45) is 1.89. The number of carbonyl (C=O) groups excluding carboxylic acids is 1. The lowest BCUT2D eigenvalue weighted by Crippen LogP contribution is -2.43. The number of benzene rings is 2. The summed E-state index contributed by atoms with van der Waals surface area (Å²) in [6, 6.07) is 12.8. The highest BCUT2D eigenvalue weighted by Crippen LogP contribution is 2.34. The van der Waals surface area contributed by atoms with Crippen LogP contribution in [0.2, 0.25) is 10.0 Å². The molecule has 1 heterocycles. The molecule has 3 rings (SSSR count). The monoisotopic (exact) mass is 393 g/mol. The largest absolute Gasteiger partial charge is 0.492 e. The average Bonchev–Trinajstić information content (AvgIpc) is 2.65. The quantitative estimate of drug-likeness (QED) is 0.620. The molecular formula is C20H21Cl2NO3. The number of rotatable bonds is 6. The summed E-state index contributed by atoms with van der Waals surface area (Å²) in [7, 11) is 0. The number of anilines is 1. The van der Waals surface area contributed by atoms with Crippen molar-refractivity contribution in [2.24, 2.45) is 0 Å². The molecule has 0 bridgehead atoms. The van der Waals surface area contributed by atoms with Crippen LogP contribution in [0.4, 0.5) is 5.69 Å². The van der Waals surface area contributed by atoms with Gasteiger partial charge in [0, 0.05) is 11.4 Å². The Morgan fingerprint density at radius 2 is 2.08 bits per heavy atom. The average molecular weight is 394 g/mol. The molecule has 0 aliphatic carbocycles. The third-order valence-corrected chi connectivity index (χ3v) is 4.81. The topological polar surface area (TPSA) is 38.8 Å². The van der Waals surface area contributed by atoms with E-state index in [1.807, 2.05) is 29.2 Å². The first kappa shape index (κ1) is 18.9. The van der Waals surface area contributed by atoms with E-state index in [0.717, 1.165) is 17.9 Å². The summed E-state index contributed by atoms with van der Waals surface area (Å²) in [6.45, 7) is 3.05. The van der Waals surface area contributed by atoms with Gasteiger partial charge in [0.1, 0.15) is 17.6 Å². The van der Waals surface area contributed by atoms with E-state index in [2.05, 4.69) is 6.92 Å². The fourth-order valence-electron chi connectivity index (χ4n) is 2.88. The molecule has 0 radical (unpaired) electrons. The zero-order valence-electron chi connectivity index (χ0n) is 14.6. The van der Waals surface area contributed by atoms with Gasteiger partial charge in [-0.15, -0.1) is 0 Å². The predicted molar refractivity (Wildman–Crippen MR) is 105 cm³/mol. The highest BCUT2D eigenvalue weighted by molar-refractivity contribution is 6.35. The standard InChI is InChI=1S/C20H21Cl2NO3/c1-2-15-13-23(17-6-3-4-7-19(17)26-15)20(24)8-5-11-25-18-10-9-14(21)12-16(18)22/h3-4,6-7,9-10,12,15H,2,5,8,11,13H2,1H3. The molecule has 2 aromatic carbocycles. The maximum atomic E-state index is 12.7. The first-order valence-corrected chi connectivity index (χ1v) is 9.48. The molecule has 1 aliphatic rings. The number of hydrogen-bond donors (Lipinski definition) is 0. The fourth-order valence-corrected chi connectivity index (χ4v) is 3.34. The van der Waals surface area contributed by atoms with Crippen molar-refractivity contribution in [1.29, 1.82) is 0 Å². The van der Waals surface area contributed by atoms with Gasteiger partial charge in [-0.3, -0.25) is 4.79 Å². The molecule has 6 heteroatoms. The third-order valence-electron chi connectivity index (χ3n) is 4.28. The summed E-state index contributed by atoms with van der Waals surface area (Å²) in [5.41, 5.74) is 0.837. The Hall–Kier alpha value is -1.91. The lowest BCUT2D eigenvalue weighted by molar-refractivity contribution is -0.119. The van der Waals surface area contributed by atoms with Gasteiger partial charge in [0.2, 0.25) is 5.91 Å². The minimum atomic E-state index is 0.0259. The number of nitrogens with zero attached hydrogens (tertiary/aromatic N) is 1. The molecule has 2 aromatic rings. The number of halogens is 2. The van der Waals surface area contributed by atoms with Gasteiger partial charge >= 0.3 is 0 Å². The lowest BCUT2D eigenvalue weighted by atomic mass is 10.1. The molecular weight excluding hydrogens is 373 g/mol. The zero-order chi connectivity index (χ0) is 18.5. The molecule has 138 valence electrons. The van der Waals surface area contributed by atoms with E-state index in [1.165, 1.54) is 0 Å². The summed E-state index contributed by atoms with van der Waals surface area (Å²) in [4.78, 5) is 14.5. The van der Waals surface area contributed by atoms with Gasteiger partial charge < -0.3 is 14.4 Å². The molecule has 1 amide bonds. The Morgan fingerprint density at radius 3 is 2.85 bits per heavy atom. The van der Waals surface area contributed by atoms with Crippen LogP contribution >= 0.6 is 23.2 Å². The van der Waals surface area contributed by atoms with E-state index in [1.54, 1.807) is 18.2 Å². The van der Waals surface area contributed by atoms with Crippen LogP contribution in [-0.2, 0) is 4.79 Å². The number of carbonyl (C=O) groups is 1. The molecule has 0 saturated carbocycles. The Morgan fingerprint density at radius 1 is 1.27 bits per heavy atom. The van der Waals surface area contributed by atoms with Crippen LogP contribution in [0.25, 0.3) is 0 Å². The van der Waals surface area contributed by atoms with Crippen molar-refractivity contribution in [3.63, 3.8) is 0 Å². The van der Waals surface area contributed by atoms with Crippen molar-refractivity contribution < 1.29 is 14.3 Å².